The van der Waals surface area contributed by atoms with E-state index in [4.69, 9.17) is 10.5 Å². The van der Waals surface area contributed by atoms with Gasteiger partial charge in [-0.1, -0.05) is 18.2 Å². The van der Waals surface area contributed by atoms with Gasteiger partial charge in [-0.25, -0.2) is 0 Å². The van der Waals surface area contributed by atoms with Gasteiger partial charge in [-0.05, 0) is 12.1 Å². The lowest BCUT2D eigenvalue weighted by Crippen LogP contribution is -2.28. The summed E-state index contributed by atoms with van der Waals surface area (Å²) in [6, 6.07) is 9.49. The van der Waals surface area contributed by atoms with Crippen molar-refractivity contribution >= 4 is 22.5 Å². The third-order valence-electron chi connectivity index (χ3n) is 2.92. The van der Waals surface area contributed by atoms with Crippen LogP contribution in [-0.4, -0.2) is 30.6 Å². The molecule has 5 heteroatoms. The van der Waals surface area contributed by atoms with Gasteiger partial charge in [0.2, 0.25) is 5.91 Å². The Bertz CT molecular complexity index is 562. The lowest BCUT2D eigenvalue weighted by atomic mass is 10.2. The summed E-state index contributed by atoms with van der Waals surface area (Å²) in [5, 5.41) is 3.84. The van der Waals surface area contributed by atoms with Crippen LogP contribution in [0.1, 0.15) is 6.42 Å². The third-order valence-corrected chi connectivity index (χ3v) is 2.92. The zero-order valence-electron chi connectivity index (χ0n) is 10.8. The molecule has 0 radical (unpaired) electrons. The lowest BCUT2D eigenvalue weighted by Gasteiger charge is -2.13. The van der Waals surface area contributed by atoms with Gasteiger partial charge in [0.1, 0.15) is 0 Å². The molecular weight excluding hydrogens is 242 g/mol. The number of anilines is 1. The molecule has 0 aliphatic heterocycles. The Kier molecular flexibility index (Phi) is 4.43. The number of fused-ring (bicyclic) bond motifs is 1. The summed E-state index contributed by atoms with van der Waals surface area (Å²) in [6.45, 7) is 0.317. The molecule has 1 aromatic heterocycles. The van der Waals surface area contributed by atoms with Crippen molar-refractivity contribution in [2.75, 3.05) is 19.0 Å². The highest BCUT2D eigenvalue weighted by Crippen LogP contribution is 2.20. The first kappa shape index (κ1) is 13.5. The Balaban J connectivity index is 2.15. The highest BCUT2D eigenvalue weighted by Gasteiger charge is 2.12. The smallest absolute Gasteiger partial charge is 0.227 e. The minimum absolute atomic E-state index is 0.129. The molecule has 0 fully saturated rings. The van der Waals surface area contributed by atoms with E-state index in [0.717, 1.165) is 10.9 Å². The molecule has 1 unspecified atom stereocenters. The number of ether oxygens (including phenoxy) is 1. The van der Waals surface area contributed by atoms with E-state index in [2.05, 4.69) is 10.3 Å². The Morgan fingerprint density at radius 3 is 2.95 bits per heavy atom. The normalized spacial score (nSPS) is 12.3. The number of nitrogens with two attached hydrogens (primary N) is 1. The zero-order valence-corrected chi connectivity index (χ0v) is 10.8. The number of nitrogens with zero attached hydrogens (tertiary/aromatic N) is 1. The number of benzene rings is 1. The average Bonchev–Trinajstić information content (AvgIpc) is 2.45. The van der Waals surface area contributed by atoms with Crippen LogP contribution in [-0.2, 0) is 9.53 Å². The van der Waals surface area contributed by atoms with Gasteiger partial charge >= 0.3 is 0 Å². The Morgan fingerprint density at radius 1 is 1.42 bits per heavy atom. The van der Waals surface area contributed by atoms with E-state index in [1.165, 1.54) is 0 Å². The van der Waals surface area contributed by atoms with Gasteiger partial charge in [0.25, 0.3) is 0 Å². The number of nitrogens with one attached hydrogen (secondary N) is 1. The fourth-order valence-electron chi connectivity index (χ4n) is 1.88. The molecule has 2 aromatic rings. The van der Waals surface area contributed by atoms with Gasteiger partial charge in [0.05, 0.1) is 23.7 Å². The van der Waals surface area contributed by atoms with E-state index >= 15 is 0 Å². The number of hydrogen-bond acceptors (Lipinski definition) is 4. The van der Waals surface area contributed by atoms with Gasteiger partial charge in [-0.2, -0.15) is 0 Å². The molecule has 1 aromatic carbocycles. The molecule has 19 heavy (non-hydrogen) atoms. The van der Waals surface area contributed by atoms with E-state index < -0.39 is 0 Å². The second-order valence-corrected chi connectivity index (χ2v) is 4.23. The summed E-state index contributed by atoms with van der Waals surface area (Å²) in [5.41, 5.74) is 6.98. The number of para-hydroxylation sites is 1. The standard InChI is InChI=1S/C14H17N3O2/c1-19-11(9-15)8-13(18)17-12-6-2-4-10-5-3-7-16-14(10)12/h2-7,11H,8-9,15H2,1H3,(H,17,18). The van der Waals surface area contributed by atoms with Crippen molar-refractivity contribution in [1.29, 1.82) is 0 Å². The number of pyridine rings is 1. The molecule has 1 atom stereocenters. The van der Waals surface area contributed by atoms with E-state index in [1.807, 2.05) is 30.3 Å². The number of amides is 1. The molecule has 0 spiro atoms. The zero-order chi connectivity index (χ0) is 13.7. The quantitative estimate of drug-likeness (QED) is 0.853. The van der Waals surface area contributed by atoms with Crippen molar-refractivity contribution < 1.29 is 9.53 Å². The summed E-state index contributed by atoms with van der Waals surface area (Å²) in [4.78, 5) is 16.2. The first-order valence-corrected chi connectivity index (χ1v) is 6.11. The molecule has 5 nitrogen and oxygen atoms in total. The lowest BCUT2D eigenvalue weighted by molar-refractivity contribution is -0.118. The number of carbonyl (C=O) groups excluding carboxylic acids is 1. The predicted molar refractivity (Wildman–Crippen MR) is 74.8 cm³/mol. The molecule has 1 heterocycles. The first-order chi connectivity index (χ1) is 9.24. The van der Waals surface area contributed by atoms with Gasteiger partial charge in [0, 0.05) is 25.2 Å². The summed E-state index contributed by atoms with van der Waals surface area (Å²) >= 11 is 0. The number of aromatic nitrogens is 1. The van der Waals surface area contributed by atoms with E-state index in [9.17, 15) is 4.79 Å². The largest absolute Gasteiger partial charge is 0.380 e. The van der Waals surface area contributed by atoms with Crippen LogP contribution in [0.5, 0.6) is 0 Å². The predicted octanol–water partition coefficient (Wildman–Crippen LogP) is 1.54. The summed E-state index contributed by atoms with van der Waals surface area (Å²) < 4.78 is 5.09. The van der Waals surface area contributed by atoms with E-state index in [-0.39, 0.29) is 18.4 Å². The molecule has 100 valence electrons. The average molecular weight is 259 g/mol. The molecule has 1 amide bonds. The number of hydrogen-bond donors (Lipinski definition) is 2. The van der Waals surface area contributed by atoms with Crippen molar-refractivity contribution in [2.45, 2.75) is 12.5 Å². The van der Waals surface area contributed by atoms with Crippen LogP contribution >= 0.6 is 0 Å². The minimum Gasteiger partial charge on any atom is -0.380 e. The van der Waals surface area contributed by atoms with Crippen LogP contribution in [0, 0.1) is 0 Å². The SMILES string of the molecule is COC(CN)CC(=O)Nc1cccc2cccnc12. The third kappa shape index (κ3) is 3.27. The van der Waals surface area contributed by atoms with Crippen molar-refractivity contribution in [1.82, 2.24) is 4.98 Å². The fourth-order valence-corrected chi connectivity index (χ4v) is 1.88. The molecule has 0 saturated heterocycles. The Morgan fingerprint density at radius 2 is 2.21 bits per heavy atom. The summed E-state index contributed by atoms with van der Waals surface area (Å²) in [6.07, 6.45) is 1.68. The molecule has 3 N–H and O–H groups in total. The number of carbonyl (C=O) groups is 1. The van der Waals surface area contributed by atoms with Crippen LogP contribution in [0.15, 0.2) is 36.5 Å². The molecule has 0 saturated carbocycles. The molecule has 0 bridgehead atoms. The van der Waals surface area contributed by atoms with Crippen molar-refractivity contribution in [2.24, 2.45) is 5.73 Å². The molecule has 2 rings (SSSR count). The topological polar surface area (TPSA) is 77.2 Å². The number of methoxy groups -OCH3 is 1. The van der Waals surface area contributed by atoms with Gasteiger partial charge in [-0.3, -0.25) is 9.78 Å². The maximum atomic E-state index is 11.9. The first-order valence-electron chi connectivity index (χ1n) is 6.11. The van der Waals surface area contributed by atoms with Gasteiger partial charge < -0.3 is 15.8 Å². The second-order valence-electron chi connectivity index (χ2n) is 4.23. The van der Waals surface area contributed by atoms with Crippen LogP contribution < -0.4 is 11.1 Å². The van der Waals surface area contributed by atoms with Gasteiger partial charge in [0.15, 0.2) is 0 Å². The van der Waals surface area contributed by atoms with E-state index in [1.54, 1.807) is 13.3 Å². The monoisotopic (exact) mass is 259 g/mol. The maximum absolute atomic E-state index is 11.9. The maximum Gasteiger partial charge on any atom is 0.227 e. The van der Waals surface area contributed by atoms with Crippen LogP contribution in [0.2, 0.25) is 0 Å². The van der Waals surface area contributed by atoms with Crippen LogP contribution in [0.25, 0.3) is 10.9 Å². The van der Waals surface area contributed by atoms with Gasteiger partial charge in [-0.15, -0.1) is 0 Å². The van der Waals surface area contributed by atoms with Crippen molar-refractivity contribution in [3.63, 3.8) is 0 Å². The second kappa shape index (κ2) is 6.26. The highest BCUT2D eigenvalue weighted by molar-refractivity contribution is 6.00. The van der Waals surface area contributed by atoms with Crippen molar-refractivity contribution in [3.8, 4) is 0 Å². The fraction of sp³-hybridized carbons (Fsp3) is 0.286. The molecular formula is C14H17N3O2. The minimum atomic E-state index is -0.261. The summed E-state index contributed by atoms with van der Waals surface area (Å²) in [5.74, 6) is -0.129. The van der Waals surface area contributed by atoms with E-state index in [0.29, 0.717) is 12.2 Å². The molecule has 0 aliphatic carbocycles. The number of rotatable bonds is 5. The summed E-state index contributed by atoms with van der Waals surface area (Å²) in [7, 11) is 1.55. The Labute approximate surface area is 111 Å². The molecule has 0 aliphatic rings. The van der Waals surface area contributed by atoms with Crippen LogP contribution in [0.3, 0.4) is 0 Å². The van der Waals surface area contributed by atoms with Crippen LogP contribution in [0.4, 0.5) is 5.69 Å². The van der Waals surface area contributed by atoms with Crippen molar-refractivity contribution in [3.05, 3.63) is 36.5 Å². The highest BCUT2D eigenvalue weighted by atomic mass is 16.5. The Hall–Kier alpha value is -1.98.